The van der Waals surface area contributed by atoms with Gasteiger partial charge in [-0.1, -0.05) is 0 Å². The molecule has 3 nitrogen and oxygen atoms in total. The SMILES string of the molecule is C#CCCNC(=O)C1CCC(C)O1. The lowest BCUT2D eigenvalue weighted by molar-refractivity contribution is -0.131. The van der Waals surface area contributed by atoms with Gasteiger partial charge in [0.15, 0.2) is 0 Å². The van der Waals surface area contributed by atoms with E-state index in [1.54, 1.807) is 0 Å². The van der Waals surface area contributed by atoms with Gasteiger partial charge in [-0.25, -0.2) is 0 Å². The van der Waals surface area contributed by atoms with Crippen LogP contribution in [0.4, 0.5) is 0 Å². The molecule has 0 aromatic rings. The van der Waals surface area contributed by atoms with E-state index in [0.29, 0.717) is 13.0 Å². The maximum atomic E-state index is 11.4. The third-order valence-corrected chi connectivity index (χ3v) is 2.09. The highest BCUT2D eigenvalue weighted by Gasteiger charge is 2.27. The molecule has 1 N–H and O–H groups in total. The van der Waals surface area contributed by atoms with Crippen molar-refractivity contribution in [1.29, 1.82) is 0 Å². The molecule has 0 bridgehead atoms. The van der Waals surface area contributed by atoms with E-state index in [2.05, 4.69) is 11.2 Å². The predicted molar refractivity (Wildman–Crippen MR) is 50.0 cm³/mol. The smallest absolute Gasteiger partial charge is 0.249 e. The van der Waals surface area contributed by atoms with Gasteiger partial charge in [0.05, 0.1) is 6.10 Å². The van der Waals surface area contributed by atoms with E-state index in [0.717, 1.165) is 12.8 Å². The molecular weight excluding hydrogens is 166 g/mol. The first-order chi connectivity index (χ1) is 6.24. The minimum Gasteiger partial charge on any atom is -0.365 e. The topological polar surface area (TPSA) is 38.3 Å². The molecule has 2 unspecified atom stereocenters. The number of carbonyl (C=O) groups excluding carboxylic acids is 1. The van der Waals surface area contributed by atoms with E-state index in [4.69, 9.17) is 11.2 Å². The highest BCUT2D eigenvalue weighted by molar-refractivity contribution is 5.80. The van der Waals surface area contributed by atoms with Crippen molar-refractivity contribution in [1.82, 2.24) is 5.32 Å². The number of nitrogens with one attached hydrogen (secondary N) is 1. The quantitative estimate of drug-likeness (QED) is 0.514. The van der Waals surface area contributed by atoms with Gasteiger partial charge in [-0.15, -0.1) is 12.3 Å². The number of carbonyl (C=O) groups is 1. The van der Waals surface area contributed by atoms with Gasteiger partial charge in [-0.2, -0.15) is 0 Å². The fraction of sp³-hybridized carbons (Fsp3) is 0.700. The molecule has 1 amide bonds. The summed E-state index contributed by atoms with van der Waals surface area (Å²) in [5.74, 6) is 2.44. The van der Waals surface area contributed by atoms with Crippen LogP contribution in [0.2, 0.25) is 0 Å². The Labute approximate surface area is 78.8 Å². The molecule has 0 aromatic carbocycles. The fourth-order valence-electron chi connectivity index (χ4n) is 1.37. The Balaban J connectivity index is 2.21. The molecular formula is C10H15NO2. The minimum absolute atomic E-state index is 0.0281. The summed E-state index contributed by atoms with van der Waals surface area (Å²) in [6.07, 6.45) is 7.38. The molecule has 0 saturated carbocycles. The molecule has 0 aromatic heterocycles. The van der Waals surface area contributed by atoms with Crippen molar-refractivity contribution in [3.8, 4) is 12.3 Å². The molecule has 3 heteroatoms. The first-order valence-electron chi connectivity index (χ1n) is 4.60. The zero-order chi connectivity index (χ0) is 9.68. The normalized spacial score (nSPS) is 26.8. The number of hydrogen-bond acceptors (Lipinski definition) is 2. The first-order valence-corrected chi connectivity index (χ1v) is 4.60. The van der Waals surface area contributed by atoms with Crippen molar-refractivity contribution in [3.63, 3.8) is 0 Å². The van der Waals surface area contributed by atoms with E-state index >= 15 is 0 Å². The number of ether oxygens (including phenoxy) is 1. The average Bonchev–Trinajstić information content (AvgIpc) is 2.52. The van der Waals surface area contributed by atoms with E-state index in [1.807, 2.05) is 6.92 Å². The Bertz CT molecular complexity index is 219. The molecule has 1 rings (SSSR count). The van der Waals surface area contributed by atoms with E-state index in [9.17, 15) is 4.79 Å². The predicted octanol–water partition coefficient (Wildman–Crippen LogP) is 0.693. The summed E-state index contributed by atoms with van der Waals surface area (Å²) in [6.45, 7) is 2.53. The second-order valence-corrected chi connectivity index (χ2v) is 3.26. The summed E-state index contributed by atoms with van der Waals surface area (Å²) in [5, 5.41) is 2.74. The standard InChI is InChI=1S/C10H15NO2/c1-3-4-7-11-10(12)9-6-5-8(2)13-9/h1,8-9H,4-7H2,2H3,(H,11,12). The summed E-state index contributed by atoms with van der Waals surface area (Å²) in [6, 6.07) is 0. The summed E-state index contributed by atoms with van der Waals surface area (Å²) in [4.78, 5) is 11.4. The minimum atomic E-state index is -0.257. The summed E-state index contributed by atoms with van der Waals surface area (Å²) >= 11 is 0. The number of hydrogen-bond donors (Lipinski definition) is 1. The molecule has 2 atom stereocenters. The second kappa shape index (κ2) is 4.88. The lowest BCUT2D eigenvalue weighted by Gasteiger charge is -2.10. The van der Waals surface area contributed by atoms with Gasteiger partial charge in [0.25, 0.3) is 0 Å². The number of terminal acetylenes is 1. The van der Waals surface area contributed by atoms with E-state index < -0.39 is 0 Å². The van der Waals surface area contributed by atoms with Gasteiger partial charge in [-0.05, 0) is 19.8 Å². The Morgan fingerprint density at radius 3 is 3.00 bits per heavy atom. The van der Waals surface area contributed by atoms with Crippen LogP contribution in [-0.4, -0.2) is 24.7 Å². The van der Waals surface area contributed by atoms with E-state index in [1.165, 1.54) is 0 Å². The molecule has 1 heterocycles. The zero-order valence-electron chi connectivity index (χ0n) is 7.88. The molecule has 1 saturated heterocycles. The van der Waals surface area contributed by atoms with Gasteiger partial charge in [0.1, 0.15) is 6.10 Å². The largest absolute Gasteiger partial charge is 0.365 e. The molecule has 1 fully saturated rings. The Hall–Kier alpha value is -1.01. The van der Waals surface area contributed by atoms with Crippen LogP contribution in [-0.2, 0) is 9.53 Å². The van der Waals surface area contributed by atoms with Crippen molar-refractivity contribution in [2.75, 3.05) is 6.54 Å². The van der Waals surface area contributed by atoms with Crippen LogP contribution in [0, 0.1) is 12.3 Å². The van der Waals surface area contributed by atoms with Crippen LogP contribution >= 0.6 is 0 Å². The van der Waals surface area contributed by atoms with Crippen molar-refractivity contribution < 1.29 is 9.53 Å². The monoisotopic (exact) mass is 181 g/mol. The summed E-state index contributed by atoms with van der Waals surface area (Å²) in [5.41, 5.74) is 0. The lowest BCUT2D eigenvalue weighted by atomic mass is 10.2. The zero-order valence-corrected chi connectivity index (χ0v) is 7.88. The third-order valence-electron chi connectivity index (χ3n) is 2.09. The van der Waals surface area contributed by atoms with Gasteiger partial charge in [0, 0.05) is 13.0 Å². The highest BCUT2D eigenvalue weighted by atomic mass is 16.5. The molecule has 72 valence electrons. The average molecular weight is 181 g/mol. The van der Waals surface area contributed by atoms with E-state index in [-0.39, 0.29) is 18.1 Å². The maximum Gasteiger partial charge on any atom is 0.249 e. The maximum absolute atomic E-state index is 11.4. The van der Waals surface area contributed by atoms with Crippen LogP contribution < -0.4 is 5.32 Å². The lowest BCUT2D eigenvalue weighted by Crippen LogP contribution is -2.35. The molecule has 0 spiro atoms. The summed E-state index contributed by atoms with van der Waals surface area (Å²) in [7, 11) is 0. The van der Waals surface area contributed by atoms with Crippen LogP contribution in [0.5, 0.6) is 0 Å². The van der Waals surface area contributed by atoms with Gasteiger partial charge >= 0.3 is 0 Å². The van der Waals surface area contributed by atoms with Crippen molar-refractivity contribution >= 4 is 5.91 Å². The molecule has 1 aliphatic heterocycles. The number of amides is 1. The molecule has 13 heavy (non-hydrogen) atoms. The highest BCUT2D eigenvalue weighted by Crippen LogP contribution is 2.18. The third kappa shape index (κ3) is 3.08. The van der Waals surface area contributed by atoms with Crippen LogP contribution in [0.15, 0.2) is 0 Å². The molecule has 0 aliphatic carbocycles. The molecule has 1 aliphatic rings. The van der Waals surface area contributed by atoms with Gasteiger partial charge in [0.2, 0.25) is 5.91 Å². The Morgan fingerprint density at radius 2 is 2.46 bits per heavy atom. The second-order valence-electron chi connectivity index (χ2n) is 3.26. The van der Waals surface area contributed by atoms with Crippen LogP contribution in [0.25, 0.3) is 0 Å². The van der Waals surface area contributed by atoms with Gasteiger partial charge in [-0.3, -0.25) is 4.79 Å². The van der Waals surface area contributed by atoms with Crippen molar-refractivity contribution in [2.45, 2.75) is 38.4 Å². The Kier molecular flexibility index (Phi) is 3.78. The van der Waals surface area contributed by atoms with Gasteiger partial charge < -0.3 is 10.1 Å². The van der Waals surface area contributed by atoms with Crippen LogP contribution in [0.3, 0.4) is 0 Å². The fourth-order valence-corrected chi connectivity index (χ4v) is 1.37. The van der Waals surface area contributed by atoms with Crippen molar-refractivity contribution in [3.05, 3.63) is 0 Å². The first kappa shape index (κ1) is 10.1. The van der Waals surface area contributed by atoms with Crippen molar-refractivity contribution in [2.24, 2.45) is 0 Å². The Morgan fingerprint density at radius 1 is 1.69 bits per heavy atom. The number of rotatable bonds is 3. The summed E-state index contributed by atoms with van der Waals surface area (Å²) < 4.78 is 5.39. The van der Waals surface area contributed by atoms with Crippen LogP contribution in [0.1, 0.15) is 26.2 Å². The molecule has 0 radical (unpaired) electrons.